The van der Waals surface area contributed by atoms with Gasteiger partial charge in [-0.15, -0.1) is 0 Å². The third-order valence-electron chi connectivity index (χ3n) is 4.29. The number of amides is 1. The van der Waals surface area contributed by atoms with E-state index in [-0.39, 0.29) is 18.2 Å². The van der Waals surface area contributed by atoms with E-state index in [1.54, 1.807) is 13.8 Å². The fraction of sp³-hybridized carbons (Fsp3) is 0.238. The van der Waals surface area contributed by atoms with Crippen LogP contribution in [0, 0.1) is 25.2 Å². The highest BCUT2D eigenvalue weighted by molar-refractivity contribution is 5.90. The number of nitrogens with zero attached hydrogens (tertiary/aromatic N) is 1. The lowest BCUT2D eigenvalue weighted by molar-refractivity contribution is -0.116. The van der Waals surface area contributed by atoms with Crippen LogP contribution < -0.4 is 10.1 Å². The maximum Gasteiger partial charge on any atom is 0.226 e. The summed E-state index contributed by atoms with van der Waals surface area (Å²) < 4.78 is 11.2. The molecule has 1 amide bonds. The molecule has 0 saturated heterocycles. The standard InChI is InChI=1S/C21H20N2O3/c1-14-15(2)26-21(19(14)13-22)23-20(24)8-5-11-25-18-10-9-16-6-3-4-7-17(16)12-18/h3-4,6-7,9-10,12H,5,8,11H2,1-2H3,(H,23,24). The van der Waals surface area contributed by atoms with Crippen LogP contribution in [0.5, 0.6) is 5.75 Å². The number of fused-ring (bicyclic) bond motifs is 1. The number of carbonyl (C=O) groups is 1. The largest absolute Gasteiger partial charge is 0.494 e. The molecule has 1 aromatic heterocycles. The summed E-state index contributed by atoms with van der Waals surface area (Å²) in [6.07, 6.45) is 0.858. The Labute approximate surface area is 152 Å². The van der Waals surface area contributed by atoms with Gasteiger partial charge in [0.25, 0.3) is 0 Å². The van der Waals surface area contributed by atoms with Gasteiger partial charge in [-0.1, -0.05) is 30.3 Å². The molecule has 0 fully saturated rings. The summed E-state index contributed by atoms with van der Waals surface area (Å²) in [7, 11) is 0. The maximum absolute atomic E-state index is 12.1. The second kappa shape index (κ2) is 7.75. The van der Waals surface area contributed by atoms with Crippen LogP contribution in [0.3, 0.4) is 0 Å². The molecule has 3 rings (SSSR count). The Hall–Kier alpha value is -3.26. The number of carbonyl (C=O) groups excluding carboxylic acids is 1. The lowest BCUT2D eigenvalue weighted by atomic mass is 10.1. The molecule has 0 aliphatic carbocycles. The quantitative estimate of drug-likeness (QED) is 0.654. The first-order valence-electron chi connectivity index (χ1n) is 8.50. The minimum absolute atomic E-state index is 0.197. The van der Waals surface area contributed by atoms with E-state index in [9.17, 15) is 4.79 Å². The summed E-state index contributed by atoms with van der Waals surface area (Å²) >= 11 is 0. The molecule has 0 spiro atoms. The van der Waals surface area contributed by atoms with Crippen LogP contribution in [0.15, 0.2) is 46.9 Å². The Morgan fingerprint density at radius 1 is 1.19 bits per heavy atom. The average Bonchev–Trinajstić information content (AvgIpc) is 2.91. The third kappa shape index (κ3) is 3.86. The van der Waals surface area contributed by atoms with Crippen molar-refractivity contribution >= 4 is 22.6 Å². The van der Waals surface area contributed by atoms with Gasteiger partial charge in [-0.2, -0.15) is 5.26 Å². The Morgan fingerprint density at radius 2 is 1.96 bits per heavy atom. The summed E-state index contributed by atoms with van der Waals surface area (Å²) in [6, 6.07) is 16.1. The molecule has 0 bridgehead atoms. The second-order valence-electron chi connectivity index (χ2n) is 6.11. The molecule has 0 radical (unpaired) electrons. The first-order chi connectivity index (χ1) is 12.6. The molecule has 1 N–H and O–H groups in total. The van der Waals surface area contributed by atoms with Gasteiger partial charge in [-0.3, -0.25) is 10.1 Å². The van der Waals surface area contributed by atoms with Crippen molar-refractivity contribution < 1.29 is 13.9 Å². The van der Waals surface area contributed by atoms with Gasteiger partial charge in [0.05, 0.1) is 6.61 Å². The number of hydrogen-bond acceptors (Lipinski definition) is 4. The van der Waals surface area contributed by atoms with Gasteiger partial charge >= 0.3 is 0 Å². The van der Waals surface area contributed by atoms with Gasteiger partial charge in [-0.05, 0) is 43.2 Å². The zero-order valence-corrected chi connectivity index (χ0v) is 14.8. The van der Waals surface area contributed by atoms with E-state index >= 15 is 0 Å². The maximum atomic E-state index is 12.1. The summed E-state index contributed by atoms with van der Waals surface area (Å²) in [5, 5.41) is 14.1. The number of anilines is 1. The third-order valence-corrected chi connectivity index (χ3v) is 4.29. The SMILES string of the molecule is Cc1oc(NC(=O)CCCOc2ccc3ccccc3c2)c(C#N)c1C. The zero-order chi connectivity index (χ0) is 18.5. The van der Waals surface area contributed by atoms with Crippen molar-refractivity contribution in [2.45, 2.75) is 26.7 Å². The van der Waals surface area contributed by atoms with E-state index in [4.69, 9.17) is 14.4 Å². The molecule has 1 heterocycles. The number of aryl methyl sites for hydroxylation is 1. The van der Waals surface area contributed by atoms with Crippen LogP contribution in [0.1, 0.15) is 29.7 Å². The van der Waals surface area contributed by atoms with Gasteiger partial charge in [0.1, 0.15) is 23.1 Å². The lowest BCUT2D eigenvalue weighted by Crippen LogP contribution is -2.13. The molecule has 0 atom stereocenters. The number of hydrogen-bond donors (Lipinski definition) is 1. The molecule has 26 heavy (non-hydrogen) atoms. The van der Waals surface area contributed by atoms with Crippen LogP contribution >= 0.6 is 0 Å². The van der Waals surface area contributed by atoms with Crippen molar-refractivity contribution in [3.63, 3.8) is 0 Å². The minimum atomic E-state index is -0.197. The second-order valence-corrected chi connectivity index (χ2v) is 6.11. The normalized spacial score (nSPS) is 10.5. The lowest BCUT2D eigenvalue weighted by Gasteiger charge is -2.07. The fourth-order valence-electron chi connectivity index (χ4n) is 2.72. The van der Waals surface area contributed by atoms with Crippen LogP contribution in [0.4, 0.5) is 5.88 Å². The molecule has 0 aliphatic rings. The van der Waals surface area contributed by atoms with Gasteiger partial charge in [0.15, 0.2) is 0 Å². The summed E-state index contributed by atoms with van der Waals surface area (Å²) in [6.45, 7) is 4.00. The van der Waals surface area contributed by atoms with Crippen LogP contribution in [0.25, 0.3) is 10.8 Å². The highest BCUT2D eigenvalue weighted by Gasteiger charge is 2.16. The molecule has 2 aromatic carbocycles. The van der Waals surface area contributed by atoms with E-state index in [1.165, 1.54) is 0 Å². The highest BCUT2D eigenvalue weighted by atomic mass is 16.5. The van der Waals surface area contributed by atoms with Crippen molar-refractivity contribution in [3.8, 4) is 11.8 Å². The fourth-order valence-corrected chi connectivity index (χ4v) is 2.72. The van der Waals surface area contributed by atoms with E-state index in [0.717, 1.165) is 22.1 Å². The van der Waals surface area contributed by atoms with Gasteiger partial charge in [0.2, 0.25) is 11.8 Å². The topological polar surface area (TPSA) is 75.3 Å². The molecule has 0 aliphatic heterocycles. The first kappa shape index (κ1) is 17.6. The van der Waals surface area contributed by atoms with Crippen LogP contribution in [-0.4, -0.2) is 12.5 Å². The van der Waals surface area contributed by atoms with Gasteiger partial charge in [0, 0.05) is 12.0 Å². The number of furan rings is 1. The van der Waals surface area contributed by atoms with Crippen molar-refractivity contribution in [2.75, 3.05) is 11.9 Å². The van der Waals surface area contributed by atoms with Crippen LogP contribution in [0.2, 0.25) is 0 Å². The van der Waals surface area contributed by atoms with Crippen molar-refractivity contribution in [2.24, 2.45) is 0 Å². The molecule has 132 valence electrons. The molecule has 5 nitrogen and oxygen atoms in total. The van der Waals surface area contributed by atoms with Gasteiger partial charge < -0.3 is 9.15 Å². The van der Waals surface area contributed by atoms with Gasteiger partial charge in [-0.25, -0.2) is 0 Å². The van der Waals surface area contributed by atoms with Crippen LogP contribution in [-0.2, 0) is 4.79 Å². The molecule has 3 aromatic rings. The summed E-state index contributed by atoms with van der Waals surface area (Å²) in [5.74, 6) is 1.45. The minimum Gasteiger partial charge on any atom is -0.494 e. The number of ether oxygens (including phenoxy) is 1. The predicted molar refractivity (Wildman–Crippen MR) is 100 cm³/mol. The van der Waals surface area contributed by atoms with E-state index in [0.29, 0.717) is 24.4 Å². The Bertz CT molecular complexity index is 983. The number of rotatable bonds is 6. The van der Waals surface area contributed by atoms with Crippen molar-refractivity contribution in [1.82, 2.24) is 0 Å². The summed E-state index contributed by atoms with van der Waals surface area (Å²) in [4.78, 5) is 12.1. The highest BCUT2D eigenvalue weighted by Crippen LogP contribution is 2.25. The number of nitriles is 1. The average molecular weight is 348 g/mol. The van der Waals surface area contributed by atoms with E-state index < -0.39 is 0 Å². The smallest absolute Gasteiger partial charge is 0.226 e. The van der Waals surface area contributed by atoms with Crippen molar-refractivity contribution in [1.29, 1.82) is 5.26 Å². The number of benzene rings is 2. The Balaban J connectivity index is 1.49. The predicted octanol–water partition coefficient (Wildman–Crippen LogP) is 4.72. The van der Waals surface area contributed by atoms with E-state index in [2.05, 4.69) is 17.5 Å². The molecule has 0 unspecified atom stereocenters. The molecular weight excluding hydrogens is 328 g/mol. The molecular formula is C21H20N2O3. The van der Waals surface area contributed by atoms with E-state index in [1.807, 2.05) is 36.4 Å². The molecule has 0 saturated carbocycles. The Kier molecular flexibility index (Phi) is 5.23. The summed E-state index contributed by atoms with van der Waals surface area (Å²) in [5.41, 5.74) is 1.13. The molecule has 5 heteroatoms. The first-order valence-corrected chi connectivity index (χ1v) is 8.50. The van der Waals surface area contributed by atoms with Crippen molar-refractivity contribution in [3.05, 3.63) is 59.4 Å². The Morgan fingerprint density at radius 3 is 2.73 bits per heavy atom. The number of nitrogens with one attached hydrogen (secondary N) is 1. The monoisotopic (exact) mass is 348 g/mol. The zero-order valence-electron chi connectivity index (χ0n) is 14.8.